The van der Waals surface area contributed by atoms with Crippen LogP contribution in [0.25, 0.3) is 0 Å². The molecule has 0 aliphatic carbocycles. The van der Waals surface area contributed by atoms with Crippen molar-refractivity contribution >= 4 is 35.6 Å². The van der Waals surface area contributed by atoms with Crippen molar-refractivity contribution in [2.45, 2.75) is 58.0 Å². The van der Waals surface area contributed by atoms with E-state index in [1.165, 1.54) is 38.5 Å². The van der Waals surface area contributed by atoms with Gasteiger partial charge in [0.25, 0.3) is 0 Å². The summed E-state index contributed by atoms with van der Waals surface area (Å²) in [5, 5.41) is 12.3. The minimum absolute atomic E-state index is 0. The SMILES string of the molecule is I.c1ccc(NC(=NCc2nnc3n2CCCCC3)N2CCCCC2)cc1. The molecule has 2 aliphatic rings. The molecule has 1 aromatic heterocycles. The van der Waals surface area contributed by atoms with Crippen molar-refractivity contribution in [3.05, 3.63) is 42.0 Å². The number of aryl methyl sites for hydroxylation is 1. The Balaban J connectivity index is 0.00000210. The Labute approximate surface area is 178 Å². The Kier molecular flexibility index (Phi) is 7.49. The maximum atomic E-state index is 4.93. The summed E-state index contributed by atoms with van der Waals surface area (Å²) in [6.07, 6.45) is 8.52. The maximum absolute atomic E-state index is 4.93. The fourth-order valence-corrected chi connectivity index (χ4v) is 3.78. The summed E-state index contributed by atoms with van der Waals surface area (Å²) < 4.78 is 2.28. The minimum atomic E-state index is 0. The van der Waals surface area contributed by atoms with Crippen LogP contribution in [0.3, 0.4) is 0 Å². The van der Waals surface area contributed by atoms with Gasteiger partial charge in [0.2, 0.25) is 0 Å². The van der Waals surface area contributed by atoms with E-state index >= 15 is 0 Å². The zero-order valence-electron chi connectivity index (χ0n) is 15.8. The van der Waals surface area contributed by atoms with Gasteiger partial charge >= 0.3 is 0 Å². The molecule has 0 saturated carbocycles. The molecule has 7 heteroatoms. The molecule has 27 heavy (non-hydrogen) atoms. The van der Waals surface area contributed by atoms with Gasteiger partial charge in [-0.2, -0.15) is 0 Å². The third kappa shape index (κ3) is 5.21. The van der Waals surface area contributed by atoms with Gasteiger partial charge in [-0.25, -0.2) is 4.99 Å². The van der Waals surface area contributed by atoms with Crippen molar-refractivity contribution in [2.24, 2.45) is 4.99 Å². The molecule has 1 aromatic carbocycles. The number of piperidine rings is 1. The van der Waals surface area contributed by atoms with E-state index < -0.39 is 0 Å². The summed E-state index contributed by atoms with van der Waals surface area (Å²) in [5.74, 6) is 3.08. The summed E-state index contributed by atoms with van der Waals surface area (Å²) in [6, 6.07) is 10.3. The third-order valence-electron chi connectivity index (χ3n) is 5.24. The van der Waals surface area contributed by atoms with Crippen molar-refractivity contribution in [1.29, 1.82) is 0 Å². The van der Waals surface area contributed by atoms with Crippen LogP contribution in [0.4, 0.5) is 5.69 Å². The zero-order valence-corrected chi connectivity index (χ0v) is 18.1. The number of hydrogen-bond acceptors (Lipinski definition) is 3. The Morgan fingerprint density at radius 3 is 2.48 bits per heavy atom. The highest BCUT2D eigenvalue weighted by molar-refractivity contribution is 14.0. The number of anilines is 1. The Morgan fingerprint density at radius 1 is 0.926 bits per heavy atom. The van der Waals surface area contributed by atoms with Crippen molar-refractivity contribution in [1.82, 2.24) is 19.7 Å². The van der Waals surface area contributed by atoms with Crippen LogP contribution in [0.2, 0.25) is 0 Å². The van der Waals surface area contributed by atoms with Gasteiger partial charge in [0.1, 0.15) is 12.4 Å². The lowest BCUT2D eigenvalue weighted by molar-refractivity contribution is 0.340. The first-order valence-corrected chi connectivity index (χ1v) is 9.92. The quantitative estimate of drug-likeness (QED) is 0.409. The normalized spacial score (nSPS) is 17.6. The first-order chi connectivity index (χ1) is 12.9. The van der Waals surface area contributed by atoms with Gasteiger partial charge in [0, 0.05) is 31.7 Å². The molecule has 0 atom stereocenters. The Morgan fingerprint density at radius 2 is 1.67 bits per heavy atom. The van der Waals surface area contributed by atoms with Gasteiger partial charge in [-0.05, 0) is 44.2 Å². The average Bonchev–Trinajstić information content (AvgIpc) is 2.93. The fourth-order valence-electron chi connectivity index (χ4n) is 3.78. The van der Waals surface area contributed by atoms with Gasteiger partial charge in [0.05, 0.1) is 0 Å². The zero-order chi connectivity index (χ0) is 17.6. The van der Waals surface area contributed by atoms with Crippen LogP contribution in [-0.2, 0) is 19.5 Å². The van der Waals surface area contributed by atoms with E-state index in [0.717, 1.165) is 49.4 Å². The second-order valence-electron chi connectivity index (χ2n) is 7.17. The van der Waals surface area contributed by atoms with Crippen molar-refractivity contribution in [3.63, 3.8) is 0 Å². The number of nitrogens with one attached hydrogen (secondary N) is 1. The number of benzene rings is 1. The molecule has 0 spiro atoms. The number of nitrogens with zero attached hydrogens (tertiary/aromatic N) is 5. The highest BCUT2D eigenvalue weighted by atomic mass is 127. The fraction of sp³-hybridized carbons (Fsp3) is 0.550. The summed E-state index contributed by atoms with van der Waals surface area (Å²) in [4.78, 5) is 7.30. The van der Waals surface area contributed by atoms with Crippen molar-refractivity contribution in [3.8, 4) is 0 Å². The van der Waals surface area contributed by atoms with E-state index in [-0.39, 0.29) is 24.0 Å². The molecule has 6 nitrogen and oxygen atoms in total. The van der Waals surface area contributed by atoms with Crippen LogP contribution in [0.15, 0.2) is 35.3 Å². The van der Waals surface area contributed by atoms with E-state index in [2.05, 4.69) is 49.2 Å². The van der Waals surface area contributed by atoms with E-state index in [1.807, 2.05) is 6.07 Å². The van der Waals surface area contributed by atoms with Crippen molar-refractivity contribution in [2.75, 3.05) is 18.4 Å². The van der Waals surface area contributed by atoms with Gasteiger partial charge < -0.3 is 14.8 Å². The lowest BCUT2D eigenvalue weighted by Crippen LogP contribution is -2.40. The molecule has 3 heterocycles. The van der Waals surface area contributed by atoms with Crippen LogP contribution in [0.5, 0.6) is 0 Å². The Hall–Kier alpha value is -1.64. The molecule has 0 amide bonds. The monoisotopic (exact) mass is 480 g/mol. The number of likely N-dealkylation sites (tertiary alicyclic amines) is 1. The first kappa shape index (κ1) is 20.1. The van der Waals surface area contributed by atoms with Crippen LogP contribution >= 0.6 is 24.0 Å². The number of halogens is 1. The van der Waals surface area contributed by atoms with Crippen LogP contribution in [0, 0.1) is 0 Å². The van der Waals surface area contributed by atoms with E-state index in [9.17, 15) is 0 Å². The molecule has 1 fully saturated rings. The molecular weight excluding hydrogens is 451 g/mol. The standard InChI is InChI=1S/C20H28N6.HI/c1-4-10-17(11-5-1)22-20(25-13-7-3-8-14-25)21-16-19-24-23-18-12-6-2-9-15-26(18)19;/h1,4-5,10-11H,2-3,6-9,12-16H2,(H,21,22);1H. The topological polar surface area (TPSA) is 58.3 Å². The van der Waals surface area contributed by atoms with E-state index in [0.29, 0.717) is 6.54 Å². The van der Waals surface area contributed by atoms with E-state index in [4.69, 9.17) is 4.99 Å². The number of aromatic nitrogens is 3. The first-order valence-electron chi connectivity index (χ1n) is 9.92. The molecule has 2 aliphatic heterocycles. The van der Waals surface area contributed by atoms with Crippen LogP contribution in [-0.4, -0.2) is 38.7 Å². The number of rotatable bonds is 3. The summed E-state index contributed by atoms with van der Waals surface area (Å²) >= 11 is 0. The van der Waals surface area contributed by atoms with Crippen LogP contribution < -0.4 is 5.32 Å². The maximum Gasteiger partial charge on any atom is 0.198 e. The van der Waals surface area contributed by atoms with Crippen molar-refractivity contribution < 1.29 is 0 Å². The number of fused-ring (bicyclic) bond motifs is 1. The van der Waals surface area contributed by atoms with Gasteiger partial charge in [-0.3, -0.25) is 0 Å². The summed E-state index contributed by atoms with van der Waals surface area (Å²) in [5.41, 5.74) is 1.08. The number of aliphatic imine (C=N–C) groups is 1. The lowest BCUT2D eigenvalue weighted by Gasteiger charge is -2.30. The van der Waals surface area contributed by atoms with E-state index in [1.54, 1.807) is 0 Å². The smallest absolute Gasteiger partial charge is 0.198 e. The molecule has 146 valence electrons. The molecule has 2 aromatic rings. The lowest BCUT2D eigenvalue weighted by atomic mass is 10.1. The molecule has 1 saturated heterocycles. The molecule has 1 N–H and O–H groups in total. The molecular formula is C20H29IN6. The molecule has 0 radical (unpaired) electrons. The summed E-state index contributed by atoms with van der Waals surface area (Å²) in [6.45, 7) is 3.74. The summed E-state index contributed by atoms with van der Waals surface area (Å²) in [7, 11) is 0. The largest absolute Gasteiger partial charge is 0.343 e. The predicted octanol–water partition coefficient (Wildman–Crippen LogP) is 4.08. The Bertz CT molecular complexity index is 736. The second kappa shape index (κ2) is 10.1. The molecule has 4 rings (SSSR count). The molecule has 0 bridgehead atoms. The van der Waals surface area contributed by atoms with Gasteiger partial charge in [-0.1, -0.05) is 24.6 Å². The van der Waals surface area contributed by atoms with Gasteiger partial charge in [-0.15, -0.1) is 34.2 Å². The minimum Gasteiger partial charge on any atom is -0.343 e. The second-order valence-corrected chi connectivity index (χ2v) is 7.17. The highest BCUT2D eigenvalue weighted by Crippen LogP contribution is 2.16. The molecule has 0 unspecified atom stereocenters. The number of para-hydroxylation sites is 1. The number of hydrogen-bond donors (Lipinski definition) is 1. The van der Waals surface area contributed by atoms with Gasteiger partial charge in [0.15, 0.2) is 11.8 Å². The average molecular weight is 480 g/mol. The van der Waals surface area contributed by atoms with Crippen LogP contribution in [0.1, 0.15) is 50.2 Å². The highest BCUT2D eigenvalue weighted by Gasteiger charge is 2.17. The predicted molar refractivity (Wildman–Crippen MR) is 120 cm³/mol. The third-order valence-corrected chi connectivity index (χ3v) is 5.24. The number of guanidine groups is 1.